The molecule has 2 aromatic rings. The van der Waals surface area contributed by atoms with Crippen molar-refractivity contribution in [1.82, 2.24) is 4.90 Å². The number of carbonyl (C=O) groups excluding carboxylic acids is 1. The van der Waals surface area contributed by atoms with Crippen molar-refractivity contribution in [3.8, 4) is 5.75 Å². The summed E-state index contributed by atoms with van der Waals surface area (Å²) in [5.74, 6) is 0.231. The van der Waals surface area contributed by atoms with Crippen molar-refractivity contribution in [2.45, 2.75) is 32.8 Å². The summed E-state index contributed by atoms with van der Waals surface area (Å²) in [4.78, 5) is 14.2. The summed E-state index contributed by atoms with van der Waals surface area (Å²) in [7, 11) is 0. The lowest BCUT2D eigenvalue weighted by Crippen LogP contribution is -2.32. The van der Waals surface area contributed by atoms with Crippen LogP contribution in [0.3, 0.4) is 0 Å². The minimum Gasteiger partial charge on any atom is -0.435 e. The number of hydrogen-bond donors (Lipinski definition) is 0. The molecule has 0 aliphatic rings. The van der Waals surface area contributed by atoms with Crippen molar-refractivity contribution in [3.05, 3.63) is 65.7 Å². The lowest BCUT2D eigenvalue weighted by Gasteiger charge is -2.21. The zero-order valence-corrected chi connectivity index (χ0v) is 14.3. The third kappa shape index (κ3) is 6.53. The number of alkyl halides is 2. The monoisotopic (exact) mass is 347 g/mol. The smallest absolute Gasteiger partial charge is 0.387 e. The molecule has 0 aliphatic heterocycles. The minimum atomic E-state index is -2.82. The van der Waals surface area contributed by atoms with Crippen molar-refractivity contribution in [2.24, 2.45) is 0 Å². The highest BCUT2D eigenvalue weighted by molar-refractivity contribution is 5.76. The Hall–Kier alpha value is -2.43. The van der Waals surface area contributed by atoms with Crippen molar-refractivity contribution in [2.75, 3.05) is 13.1 Å². The number of halogens is 2. The van der Waals surface area contributed by atoms with E-state index in [4.69, 9.17) is 0 Å². The van der Waals surface area contributed by atoms with Crippen LogP contribution in [0.25, 0.3) is 0 Å². The zero-order chi connectivity index (χ0) is 18.1. The van der Waals surface area contributed by atoms with Crippen molar-refractivity contribution >= 4 is 5.91 Å². The van der Waals surface area contributed by atoms with E-state index in [1.54, 1.807) is 12.1 Å². The molecule has 2 aromatic carbocycles. The summed E-state index contributed by atoms with van der Waals surface area (Å²) in [6.07, 6.45) is 1.81. The number of ether oxygens (including phenoxy) is 1. The van der Waals surface area contributed by atoms with E-state index in [0.29, 0.717) is 25.9 Å². The summed E-state index contributed by atoms with van der Waals surface area (Å²) in [6, 6.07) is 16.5. The Balaban J connectivity index is 1.81. The summed E-state index contributed by atoms with van der Waals surface area (Å²) in [5, 5.41) is 0. The predicted molar refractivity (Wildman–Crippen MR) is 93.8 cm³/mol. The van der Waals surface area contributed by atoms with E-state index in [-0.39, 0.29) is 11.7 Å². The zero-order valence-electron chi connectivity index (χ0n) is 14.3. The topological polar surface area (TPSA) is 29.5 Å². The number of carbonyl (C=O) groups is 1. The van der Waals surface area contributed by atoms with Crippen molar-refractivity contribution in [1.29, 1.82) is 0 Å². The Morgan fingerprint density at radius 1 is 1.00 bits per heavy atom. The summed E-state index contributed by atoms with van der Waals surface area (Å²) < 4.78 is 28.6. The van der Waals surface area contributed by atoms with Crippen LogP contribution in [0.15, 0.2) is 54.6 Å². The van der Waals surface area contributed by atoms with Gasteiger partial charge in [0, 0.05) is 19.5 Å². The largest absolute Gasteiger partial charge is 0.435 e. The molecule has 0 radical (unpaired) electrons. The SMILES string of the molecule is CCN(CCc1ccccc1)C(=O)CCc1ccc(OC(F)F)cc1. The number of nitrogens with zero attached hydrogens (tertiary/aromatic N) is 1. The second-order valence-electron chi connectivity index (χ2n) is 5.73. The molecule has 1 amide bonds. The van der Waals surface area contributed by atoms with Gasteiger partial charge < -0.3 is 9.64 Å². The summed E-state index contributed by atoms with van der Waals surface area (Å²) in [6.45, 7) is 0.516. The van der Waals surface area contributed by atoms with Gasteiger partial charge in [-0.15, -0.1) is 0 Å². The highest BCUT2D eigenvalue weighted by Gasteiger charge is 2.12. The quantitative estimate of drug-likeness (QED) is 0.676. The molecule has 0 aliphatic carbocycles. The van der Waals surface area contributed by atoms with Crippen molar-refractivity contribution < 1.29 is 18.3 Å². The first-order chi connectivity index (χ1) is 12.1. The molecule has 25 heavy (non-hydrogen) atoms. The fourth-order valence-corrected chi connectivity index (χ4v) is 2.61. The first kappa shape index (κ1) is 18.9. The maximum atomic E-state index is 12.4. The molecule has 0 spiro atoms. The van der Waals surface area contributed by atoms with E-state index < -0.39 is 6.61 Å². The molecule has 5 heteroatoms. The van der Waals surface area contributed by atoms with Crippen LogP contribution in [0.5, 0.6) is 5.75 Å². The average molecular weight is 347 g/mol. The van der Waals surface area contributed by atoms with Gasteiger partial charge in [0.05, 0.1) is 0 Å². The summed E-state index contributed by atoms with van der Waals surface area (Å²) in [5.41, 5.74) is 2.14. The molecule has 0 fully saturated rings. The van der Waals surface area contributed by atoms with Crippen LogP contribution in [0.4, 0.5) is 8.78 Å². The second kappa shape index (κ2) is 9.77. The number of hydrogen-bond acceptors (Lipinski definition) is 2. The molecule has 0 aromatic heterocycles. The number of likely N-dealkylation sites (N-methyl/N-ethyl adjacent to an activating group) is 1. The Morgan fingerprint density at radius 2 is 1.64 bits per heavy atom. The van der Waals surface area contributed by atoms with Crippen LogP contribution in [0.2, 0.25) is 0 Å². The maximum absolute atomic E-state index is 12.4. The average Bonchev–Trinajstić information content (AvgIpc) is 2.62. The van der Waals surface area contributed by atoms with Gasteiger partial charge >= 0.3 is 6.61 Å². The second-order valence-corrected chi connectivity index (χ2v) is 5.73. The van der Waals surface area contributed by atoms with Crippen LogP contribution in [-0.4, -0.2) is 30.5 Å². The molecule has 0 N–H and O–H groups in total. The molecule has 0 bridgehead atoms. The molecular weight excluding hydrogens is 324 g/mol. The van der Waals surface area contributed by atoms with Crippen LogP contribution < -0.4 is 4.74 Å². The Labute approximate surface area is 147 Å². The fourth-order valence-electron chi connectivity index (χ4n) is 2.61. The van der Waals surface area contributed by atoms with Gasteiger partial charge in [0.1, 0.15) is 5.75 Å². The maximum Gasteiger partial charge on any atom is 0.387 e. The van der Waals surface area contributed by atoms with Crippen LogP contribution in [0, 0.1) is 0 Å². The van der Waals surface area contributed by atoms with E-state index in [0.717, 1.165) is 12.0 Å². The third-order valence-electron chi connectivity index (χ3n) is 4.02. The van der Waals surface area contributed by atoms with Gasteiger partial charge in [-0.3, -0.25) is 4.79 Å². The molecule has 0 unspecified atom stereocenters. The number of amides is 1. The molecular formula is C20H23F2NO2. The normalized spacial score (nSPS) is 10.7. The number of aryl methyl sites for hydroxylation is 1. The van der Waals surface area contributed by atoms with Gasteiger partial charge in [-0.25, -0.2) is 0 Å². The van der Waals surface area contributed by atoms with Gasteiger partial charge in [0.25, 0.3) is 0 Å². The molecule has 134 valence electrons. The minimum absolute atomic E-state index is 0.103. The van der Waals surface area contributed by atoms with Crippen LogP contribution >= 0.6 is 0 Å². The van der Waals surface area contributed by atoms with Crippen LogP contribution in [0.1, 0.15) is 24.5 Å². The summed E-state index contributed by atoms with van der Waals surface area (Å²) >= 11 is 0. The molecule has 0 atom stereocenters. The highest BCUT2D eigenvalue weighted by atomic mass is 19.3. The molecule has 0 heterocycles. The highest BCUT2D eigenvalue weighted by Crippen LogP contribution is 2.16. The van der Waals surface area contributed by atoms with E-state index in [9.17, 15) is 13.6 Å². The third-order valence-corrected chi connectivity index (χ3v) is 4.02. The first-order valence-corrected chi connectivity index (χ1v) is 8.44. The van der Waals surface area contributed by atoms with E-state index >= 15 is 0 Å². The lowest BCUT2D eigenvalue weighted by molar-refractivity contribution is -0.130. The number of rotatable bonds is 9. The van der Waals surface area contributed by atoms with E-state index in [2.05, 4.69) is 16.9 Å². The van der Waals surface area contributed by atoms with Crippen molar-refractivity contribution in [3.63, 3.8) is 0 Å². The predicted octanol–water partition coefficient (Wildman–Crippen LogP) is 4.31. The fraction of sp³-hybridized carbons (Fsp3) is 0.350. The van der Waals surface area contributed by atoms with Gasteiger partial charge in [0.2, 0.25) is 5.91 Å². The van der Waals surface area contributed by atoms with E-state index in [1.165, 1.54) is 17.7 Å². The van der Waals surface area contributed by atoms with Crippen LogP contribution in [-0.2, 0) is 17.6 Å². The lowest BCUT2D eigenvalue weighted by atomic mass is 10.1. The van der Waals surface area contributed by atoms with Gasteiger partial charge in [0.15, 0.2) is 0 Å². The molecule has 2 rings (SSSR count). The standard InChI is InChI=1S/C20H23F2NO2/c1-2-23(15-14-16-6-4-3-5-7-16)19(24)13-10-17-8-11-18(12-9-17)25-20(21)22/h3-9,11-12,20H,2,10,13-15H2,1H3. The van der Waals surface area contributed by atoms with Gasteiger partial charge in [-0.2, -0.15) is 8.78 Å². The van der Waals surface area contributed by atoms with E-state index in [1.807, 2.05) is 30.0 Å². The molecule has 0 saturated carbocycles. The Kier molecular flexibility index (Phi) is 7.38. The molecule has 3 nitrogen and oxygen atoms in total. The van der Waals surface area contributed by atoms with Gasteiger partial charge in [-0.05, 0) is 43.0 Å². The number of benzene rings is 2. The Bertz CT molecular complexity index is 645. The molecule has 0 saturated heterocycles. The van der Waals surface area contributed by atoms with Gasteiger partial charge in [-0.1, -0.05) is 42.5 Å². The Morgan fingerprint density at radius 3 is 2.24 bits per heavy atom. The first-order valence-electron chi connectivity index (χ1n) is 8.44.